The zero-order valence-corrected chi connectivity index (χ0v) is 14.3. The molecular weight excluding hydrogens is 373 g/mol. The first-order chi connectivity index (χ1) is 12.2. The quantitative estimate of drug-likeness (QED) is 0.838. The Labute approximate surface area is 152 Å². The molecule has 138 valence electrons. The lowest BCUT2D eigenvalue weighted by atomic mass is 9.88. The fourth-order valence-corrected chi connectivity index (χ4v) is 3.23. The van der Waals surface area contributed by atoms with Crippen molar-refractivity contribution in [2.24, 2.45) is 5.92 Å². The summed E-state index contributed by atoms with van der Waals surface area (Å²) in [5.41, 5.74) is 1.28. The van der Waals surface area contributed by atoms with Gasteiger partial charge in [0.15, 0.2) is 0 Å². The fourth-order valence-electron chi connectivity index (χ4n) is 2.99. The molecule has 0 aliphatic carbocycles. The Morgan fingerprint density at radius 3 is 2.46 bits per heavy atom. The Morgan fingerprint density at radius 1 is 1.27 bits per heavy atom. The van der Waals surface area contributed by atoms with Gasteiger partial charge in [0.05, 0.1) is 7.11 Å². The number of carboxylic acids is 1. The molecule has 0 fully saturated rings. The highest BCUT2D eigenvalue weighted by Gasteiger charge is 2.52. The molecule has 2 aromatic carbocycles. The van der Waals surface area contributed by atoms with Crippen LogP contribution in [0.2, 0.25) is 5.02 Å². The standard InChI is InChI=1S/C18H14ClF3O4/c1-25-12-4-2-9(3-5-12)13-8-11(19)6-10-7-14(17(23)24)16(18(20,21)22)26-15(10)13/h2-6,8,14,16H,7H2,1H3,(H,23,24)/t14-,16+/m1/s1. The lowest BCUT2D eigenvalue weighted by molar-refractivity contribution is -0.217. The van der Waals surface area contributed by atoms with Crippen LogP contribution in [0.15, 0.2) is 36.4 Å². The number of methoxy groups -OCH3 is 1. The Morgan fingerprint density at radius 2 is 1.92 bits per heavy atom. The summed E-state index contributed by atoms with van der Waals surface area (Å²) in [4.78, 5) is 11.3. The number of halogens is 4. The monoisotopic (exact) mass is 386 g/mol. The molecule has 0 amide bonds. The number of rotatable bonds is 3. The van der Waals surface area contributed by atoms with Crippen molar-refractivity contribution in [3.05, 3.63) is 47.0 Å². The zero-order chi connectivity index (χ0) is 19.1. The lowest BCUT2D eigenvalue weighted by Crippen LogP contribution is -2.47. The molecule has 1 N–H and O–H groups in total. The predicted molar refractivity (Wildman–Crippen MR) is 88.7 cm³/mol. The van der Waals surface area contributed by atoms with Gasteiger partial charge in [-0.25, -0.2) is 0 Å². The molecule has 0 saturated carbocycles. The maximum atomic E-state index is 13.3. The van der Waals surface area contributed by atoms with Crippen LogP contribution in [-0.2, 0) is 11.2 Å². The molecule has 0 bridgehead atoms. The zero-order valence-electron chi connectivity index (χ0n) is 13.5. The maximum Gasteiger partial charge on any atom is 0.426 e. The normalized spacial score (nSPS) is 19.4. The summed E-state index contributed by atoms with van der Waals surface area (Å²) in [5.74, 6) is -2.71. The Bertz CT molecular complexity index is 834. The van der Waals surface area contributed by atoms with Crippen molar-refractivity contribution < 1.29 is 32.5 Å². The van der Waals surface area contributed by atoms with Crippen LogP contribution >= 0.6 is 11.6 Å². The van der Waals surface area contributed by atoms with Gasteiger partial charge in [0.25, 0.3) is 0 Å². The molecule has 3 rings (SSSR count). The van der Waals surface area contributed by atoms with E-state index in [0.717, 1.165) is 0 Å². The number of aliphatic carboxylic acids is 1. The van der Waals surface area contributed by atoms with Crippen LogP contribution in [0.3, 0.4) is 0 Å². The lowest BCUT2D eigenvalue weighted by Gasteiger charge is -2.33. The molecule has 0 spiro atoms. The first kappa shape index (κ1) is 18.4. The molecule has 8 heteroatoms. The molecule has 0 aromatic heterocycles. The number of hydrogen-bond acceptors (Lipinski definition) is 3. The summed E-state index contributed by atoms with van der Waals surface area (Å²) in [7, 11) is 1.50. The molecule has 1 aliphatic heterocycles. The third-order valence-corrected chi connectivity index (χ3v) is 4.44. The minimum absolute atomic E-state index is 0.000563. The second-order valence-corrected chi connectivity index (χ2v) is 6.34. The summed E-state index contributed by atoms with van der Waals surface area (Å²) < 4.78 is 50.2. The largest absolute Gasteiger partial charge is 0.497 e. The van der Waals surface area contributed by atoms with E-state index in [1.807, 2.05) is 0 Å². The van der Waals surface area contributed by atoms with Crippen molar-refractivity contribution in [2.75, 3.05) is 7.11 Å². The van der Waals surface area contributed by atoms with Gasteiger partial charge >= 0.3 is 12.1 Å². The third kappa shape index (κ3) is 3.44. The van der Waals surface area contributed by atoms with Gasteiger partial charge in [-0.05, 0) is 41.8 Å². The van der Waals surface area contributed by atoms with E-state index in [2.05, 4.69) is 0 Å². The summed E-state index contributed by atoms with van der Waals surface area (Å²) >= 11 is 6.09. The molecule has 1 aliphatic rings. The summed E-state index contributed by atoms with van der Waals surface area (Å²) in [5, 5.41) is 9.47. The predicted octanol–water partition coefficient (Wildman–Crippen LogP) is 4.58. The highest BCUT2D eigenvalue weighted by Crippen LogP contribution is 2.45. The Hall–Kier alpha value is -2.41. The van der Waals surface area contributed by atoms with Crippen LogP contribution in [0.4, 0.5) is 13.2 Å². The smallest absolute Gasteiger partial charge is 0.426 e. The van der Waals surface area contributed by atoms with Gasteiger partial charge in [-0.1, -0.05) is 23.7 Å². The van der Waals surface area contributed by atoms with E-state index in [0.29, 0.717) is 22.4 Å². The van der Waals surface area contributed by atoms with Crippen LogP contribution in [0.1, 0.15) is 5.56 Å². The van der Waals surface area contributed by atoms with E-state index in [1.54, 1.807) is 24.3 Å². The van der Waals surface area contributed by atoms with E-state index in [4.69, 9.17) is 21.1 Å². The van der Waals surface area contributed by atoms with Crippen molar-refractivity contribution in [3.8, 4) is 22.6 Å². The van der Waals surface area contributed by atoms with Crippen LogP contribution in [0, 0.1) is 5.92 Å². The van der Waals surface area contributed by atoms with Crippen molar-refractivity contribution in [3.63, 3.8) is 0 Å². The van der Waals surface area contributed by atoms with Crippen molar-refractivity contribution in [1.82, 2.24) is 0 Å². The van der Waals surface area contributed by atoms with Gasteiger partial charge in [-0.2, -0.15) is 13.2 Å². The Kier molecular flexibility index (Phi) is 4.75. The molecule has 1 heterocycles. The van der Waals surface area contributed by atoms with Gasteiger partial charge in [-0.3, -0.25) is 4.79 Å². The average molecular weight is 387 g/mol. The minimum atomic E-state index is -4.81. The number of fused-ring (bicyclic) bond motifs is 1. The maximum absolute atomic E-state index is 13.3. The van der Waals surface area contributed by atoms with Gasteiger partial charge in [0, 0.05) is 10.6 Å². The molecule has 0 radical (unpaired) electrons. The van der Waals surface area contributed by atoms with Crippen molar-refractivity contribution in [1.29, 1.82) is 0 Å². The Balaban J connectivity index is 2.12. The fraction of sp³-hybridized carbons (Fsp3) is 0.278. The van der Waals surface area contributed by atoms with Crippen LogP contribution < -0.4 is 9.47 Å². The summed E-state index contributed by atoms with van der Waals surface area (Å²) in [6, 6.07) is 9.59. The average Bonchev–Trinajstić information content (AvgIpc) is 2.59. The second-order valence-electron chi connectivity index (χ2n) is 5.90. The number of ether oxygens (including phenoxy) is 2. The SMILES string of the molecule is COc1ccc(-c2cc(Cl)cc3c2O[C@H](C(F)(F)F)[C@H](C(=O)O)C3)cc1. The number of benzene rings is 2. The van der Waals surface area contributed by atoms with Crippen molar-refractivity contribution >= 4 is 17.6 Å². The van der Waals surface area contributed by atoms with Crippen LogP contribution in [0.5, 0.6) is 11.5 Å². The third-order valence-electron chi connectivity index (χ3n) is 4.22. The molecule has 4 nitrogen and oxygen atoms in total. The molecule has 0 unspecified atom stereocenters. The number of carboxylic acid groups (broad SMARTS) is 1. The van der Waals surface area contributed by atoms with Crippen LogP contribution in [-0.4, -0.2) is 30.5 Å². The van der Waals surface area contributed by atoms with E-state index in [1.165, 1.54) is 19.2 Å². The molecule has 0 saturated heterocycles. The van der Waals surface area contributed by atoms with Gasteiger partial charge < -0.3 is 14.6 Å². The molecule has 2 aromatic rings. The molecule has 2 atom stereocenters. The van der Waals surface area contributed by atoms with E-state index >= 15 is 0 Å². The van der Waals surface area contributed by atoms with Gasteiger partial charge in [-0.15, -0.1) is 0 Å². The molecular formula is C18H14ClF3O4. The summed E-state index contributed by atoms with van der Waals surface area (Å²) in [6.07, 6.45) is -7.55. The van der Waals surface area contributed by atoms with Gasteiger partial charge in [0.2, 0.25) is 6.10 Å². The summed E-state index contributed by atoms with van der Waals surface area (Å²) in [6.45, 7) is 0. The number of alkyl halides is 3. The van der Waals surface area contributed by atoms with E-state index < -0.39 is 24.2 Å². The molecule has 26 heavy (non-hydrogen) atoms. The first-order valence-electron chi connectivity index (χ1n) is 7.63. The second kappa shape index (κ2) is 6.72. The highest BCUT2D eigenvalue weighted by molar-refractivity contribution is 6.31. The van der Waals surface area contributed by atoms with E-state index in [9.17, 15) is 23.1 Å². The number of hydrogen-bond donors (Lipinski definition) is 1. The minimum Gasteiger partial charge on any atom is -0.497 e. The topological polar surface area (TPSA) is 55.8 Å². The first-order valence-corrected chi connectivity index (χ1v) is 8.01. The number of carbonyl (C=O) groups is 1. The highest BCUT2D eigenvalue weighted by atomic mass is 35.5. The van der Waals surface area contributed by atoms with Crippen LogP contribution in [0.25, 0.3) is 11.1 Å². The van der Waals surface area contributed by atoms with E-state index in [-0.39, 0.29) is 17.2 Å². The van der Waals surface area contributed by atoms with Crippen molar-refractivity contribution in [2.45, 2.75) is 18.7 Å². The van der Waals surface area contributed by atoms with Gasteiger partial charge in [0.1, 0.15) is 17.4 Å².